The van der Waals surface area contributed by atoms with Crippen LogP contribution < -0.4 is 5.32 Å². The van der Waals surface area contributed by atoms with Crippen molar-refractivity contribution in [1.29, 1.82) is 0 Å². The van der Waals surface area contributed by atoms with Crippen LogP contribution in [0.25, 0.3) is 0 Å². The van der Waals surface area contributed by atoms with Crippen LogP contribution in [0.5, 0.6) is 0 Å². The molecule has 3 heteroatoms. The van der Waals surface area contributed by atoms with Crippen LogP contribution in [0, 0.1) is 12.8 Å². The molecule has 1 heterocycles. The lowest BCUT2D eigenvalue weighted by Gasteiger charge is -2.19. The quantitative estimate of drug-likeness (QED) is 0.902. The third kappa shape index (κ3) is 2.71. The van der Waals surface area contributed by atoms with Crippen molar-refractivity contribution < 1.29 is 4.74 Å². The topological polar surface area (TPSA) is 21.3 Å². The summed E-state index contributed by atoms with van der Waals surface area (Å²) in [6.45, 7) is 3.83. The maximum absolute atomic E-state index is 6.15. The van der Waals surface area contributed by atoms with Gasteiger partial charge in [-0.25, -0.2) is 0 Å². The van der Waals surface area contributed by atoms with E-state index < -0.39 is 0 Å². The van der Waals surface area contributed by atoms with Gasteiger partial charge in [0.15, 0.2) is 0 Å². The summed E-state index contributed by atoms with van der Waals surface area (Å²) in [5, 5.41) is 4.49. The van der Waals surface area contributed by atoms with Gasteiger partial charge in [0.25, 0.3) is 0 Å². The van der Waals surface area contributed by atoms with Gasteiger partial charge >= 0.3 is 0 Å². The van der Waals surface area contributed by atoms with Gasteiger partial charge in [-0.05, 0) is 49.3 Å². The Bertz CT molecular complexity index is 431. The summed E-state index contributed by atoms with van der Waals surface area (Å²) in [6, 6.07) is 6.82. The summed E-state index contributed by atoms with van der Waals surface area (Å²) in [4.78, 5) is 0. The maximum atomic E-state index is 6.15. The van der Waals surface area contributed by atoms with Crippen molar-refractivity contribution in [3.8, 4) is 0 Å². The lowest BCUT2D eigenvalue weighted by molar-refractivity contribution is 0.0809. The third-order valence-corrected chi connectivity index (χ3v) is 4.43. The average Bonchev–Trinajstić information content (AvgIpc) is 3.10. The van der Waals surface area contributed by atoms with Crippen LogP contribution in [-0.2, 0) is 11.3 Å². The van der Waals surface area contributed by atoms with Crippen molar-refractivity contribution in [3.63, 3.8) is 0 Å². The molecule has 2 aliphatic rings. The first-order valence-corrected chi connectivity index (χ1v) is 7.22. The van der Waals surface area contributed by atoms with Gasteiger partial charge in [-0.15, -0.1) is 0 Å². The van der Waals surface area contributed by atoms with E-state index >= 15 is 0 Å². The van der Waals surface area contributed by atoms with E-state index in [2.05, 4.69) is 23.5 Å². The number of hydrogen-bond acceptors (Lipinski definition) is 2. The highest BCUT2D eigenvalue weighted by atomic mass is 35.5. The Balaban J connectivity index is 1.58. The van der Waals surface area contributed by atoms with Crippen LogP contribution in [0.2, 0.25) is 5.02 Å². The molecule has 1 aromatic rings. The molecule has 1 aromatic carbocycles. The first kappa shape index (κ1) is 12.5. The minimum atomic E-state index is 0.450. The zero-order valence-electron chi connectivity index (χ0n) is 10.8. The fraction of sp³-hybridized carbons (Fsp3) is 0.600. The highest BCUT2D eigenvalue weighted by Gasteiger charge is 2.40. The second-order valence-corrected chi connectivity index (χ2v) is 5.94. The Hall–Kier alpha value is -0.570. The van der Waals surface area contributed by atoms with E-state index in [0.717, 1.165) is 36.1 Å². The van der Waals surface area contributed by atoms with Gasteiger partial charge in [-0.2, -0.15) is 0 Å². The molecule has 1 saturated carbocycles. The monoisotopic (exact) mass is 265 g/mol. The molecule has 1 saturated heterocycles. The zero-order chi connectivity index (χ0) is 12.5. The molecule has 98 valence electrons. The number of ether oxygens (including phenoxy) is 1. The second kappa shape index (κ2) is 5.20. The van der Waals surface area contributed by atoms with E-state index in [1.807, 2.05) is 6.92 Å². The molecule has 1 aliphatic heterocycles. The number of rotatable bonds is 4. The standard InChI is InChI=1S/C15H20ClNO/c1-10-2-3-11(8-13(10)16)9-17-14-6-7-18-15(14)12-4-5-12/h2-3,8,12,14-15,17H,4-7,9H2,1H3. The molecule has 1 N–H and O–H groups in total. The molecule has 2 fully saturated rings. The van der Waals surface area contributed by atoms with Gasteiger partial charge in [-0.1, -0.05) is 23.7 Å². The van der Waals surface area contributed by atoms with Gasteiger partial charge < -0.3 is 10.1 Å². The van der Waals surface area contributed by atoms with Gasteiger partial charge in [0, 0.05) is 24.2 Å². The van der Waals surface area contributed by atoms with Crippen molar-refractivity contribution in [1.82, 2.24) is 5.32 Å². The third-order valence-electron chi connectivity index (χ3n) is 4.03. The molecule has 2 atom stereocenters. The molecule has 0 aromatic heterocycles. The Kier molecular flexibility index (Phi) is 3.60. The molecule has 18 heavy (non-hydrogen) atoms. The summed E-state index contributed by atoms with van der Waals surface area (Å²) >= 11 is 6.15. The van der Waals surface area contributed by atoms with Gasteiger partial charge in [0.2, 0.25) is 0 Å². The van der Waals surface area contributed by atoms with E-state index in [9.17, 15) is 0 Å². The minimum absolute atomic E-state index is 0.450. The van der Waals surface area contributed by atoms with Crippen molar-refractivity contribution in [2.45, 2.75) is 44.9 Å². The largest absolute Gasteiger partial charge is 0.376 e. The summed E-state index contributed by atoms with van der Waals surface area (Å²) in [5.74, 6) is 0.812. The summed E-state index contributed by atoms with van der Waals surface area (Å²) in [6.07, 6.45) is 4.28. The lowest BCUT2D eigenvalue weighted by Crippen LogP contribution is -2.37. The number of nitrogens with one attached hydrogen (secondary N) is 1. The fourth-order valence-electron chi connectivity index (χ4n) is 2.71. The number of hydrogen-bond donors (Lipinski definition) is 1. The predicted octanol–water partition coefficient (Wildman–Crippen LogP) is 3.31. The molecule has 2 unspecified atom stereocenters. The van der Waals surface area contributed by atoms with Crippen LogP contribution in [0.4, 0.5) is 0 Å². The maximum Gasteiger partial charge on any atom is 0.0757 e. The van der Waals surface area contributed by atoms with Crippen LogP contribution in [0.3, 0.4) is 0 Å². The normalized spacial score (nSPS) is 27.7. The zero-order valence-corrected chi connectivity index (χ0v) is 11.5. The molecular weight excluding hydrogens is 246 g/mol. The fourth-order valence-corrected chi connectivity index (χ4v) is 2.92. The first-order valence-electron chi connectivity index (χ1n) is 6.84. The Labute approximate surface area is 114 Å². The van der Waals surface area contributed by atoms with E-state index in [-0.39, 0.29) is 0 Å². The predicted molar refractivity (Wildman–Crippen MR) is 73.9 cm³/mol. The molecular formula is C15H20ClNO. The summed E-state index contributed by atoms with van der Waals surface area (Å²) in [7, 11) is 0. The smallest absolute Gasteiger partial charge is 0.0757 e. The van der Waals surface area contributed by atoms with Crippen molar-refractivity contribution in [2.75, 3.05) is 6.61 Å². The molecule has 0 spiro atoms. The molecule has 0 bridgehead atoms. The number of aryl methyl sites for hydroxylation is 1. The van der Waals surface area contributed by atoms with Gasteiger partial charge in [-0.3, -0.25) is 0 Å². The molecule has 1 aliphatic carbocycles. The Morgan fingerprint density at radius 2 is 2.17 bits per heavy atom. The van der Waals surface area contributed by atoms with E-state index in [1.54, 1.807) is 0 Å². The van der Waals surface area contributed by atoms with Crippen molar-refractivity contribution in [2.24, 2.45) is 5.92 Å². The van der Waals surface area contributed by atoms with Crippen LogP contribution >= 0.6 is 11.6 Å². The average molecular weight is 266 g/mol. The van der Waals surface area contributed by atoms with Crippen LogP contribution in [0.15, 0.2) is 18.2 Å². The van der Waals surface area contributed by atoms with Crippen molar-refractivity contribution in [3.05, 3.63) is 34.3 Å². The van der Waals surface area contributed by atoms with E-state index in [1.165, 1.54) is 18.4 Å². The van der Waals surface area contributed by atoms with E-state index in [0.29, 0.717) is 12.1 Å². The molecule has 0 radical (unpaired) electrons. The Morgan fingerprint density at radius 1 is 1.33 bits per heavy atom. The number of benzene rings is 1. The molecule has 0 amide bonds. The van der Waals surface area contributed by atoms with Crippen LogP contribution in [-0.4, -0.2) is 18.8 Å². The highest BCUT2D eigenvalue weighted by molar-refractivity contribution is 6.31. The highest BCUT2D eigenvalue weighted by Crippen LogP contribution is 2.38. The SMILES string of the molecule is Cc1ccc(CNC2CCOC2C2CC2)cc1Cl. The summed E-state index contributed by atoms with van der Waals surface area (Å²) in [5.41, 5.74) is 2.40. The van der Waals surface area contributed by atoms with Crippen molar-refractivity contribution >= 4 is 11.6 Å². The van der Waals surface area contributed by atoms with Gasteiger partial charge in [0.1, 0.15) is 0 Å². The molecule has 3 rings (SSSR count). The van der Waals surface area contributed by atoms with Crippen LogP contribution in [0.1, 0.15) is 30.4 Å². The Morgan fingerprint density at radius 3 is 2.89 bits per heavy atom. The first-order chi connectivity index (χ1) is 8.74. The van der Waals surface area contributed by atoms with E-state index in [4.69, 9.17) is 16.3 Å². The number of halogens is 1. The minimum Gasteiger partial charge on any atom is -0.376 e. The molecule has 2 nitrogen and oxygen atoms in total. The second-order valence-electron chi connectivity index (χ2n) is 5.53. The lowest BCUT2D eigenvalue weighted by atomic mass is 10.1. The van der Waals surface area contributed by atoms with Gasteiger partial charge in [0.05, 0.1) is 6.10 Å². The summed E-state index contributed by atoms with van der Waals surface area (Å²) < 4.78 is 5.83.